The molecule has 0 spiro atoms. The quantitative estimate of drug-likeness (QED) is 0.813. The first-order valence-corrected chi connectivity index (χ1v) is 5.76. The van der Waals surface area contributed by atoms with E-state index in [9.17, 15) is 4.79 Å². The molecule has 1 N–H and O–H groups in total. The Morgan fingerprint density at radius 2 is 2.19 bits per heavy atom. The van der Waals surface area contributed by atoms with Gasteiger partial charge in [0, 0.05) is 19.3 Å². The van der Waals surface area contributed by atoms with Crippen molar-refractivity contribution < 1.29 is 0 Å². The Balaban J connectivity index is 2.91. The zero-order chi connectivity index (χ0) is 11.9. The topological polar surface area (TPSA) is 42.7 Å². The highest BCUT2D eigenvalue weighted by atomic mass is 32.1. The van der Waals surface area contributed by atoms with E-state index in [2.05, 4.69) is 4.98 Å². The SMILES string of the molecule is CCCn1c(=S)[nH]c2cc(C)n(C)c2c1=O. The summed E-state index contributed by atoms with van der Waals surface area (Å²) in [4.78, 5) is 15.3. The van der Waals surface area contributed by atoms with Crippen LogP contribution in [0, 0.1) is 11.7 Å². The number of H-pyrrole nitrogens is 1. The zero-order valence-electron chi connectivity index (χ0n) is 9.70. The molecule has 0 saturated heterocycles. The van der Waals surface area contributed by atoms with Crippen molar-refractivity contribution in [3.8, 4) is 0 Å². The van der Waals surface area contributed by atoms with Crippen LogP contribution in [0.5, 0.6) is 0 Å². The number of aryl methyl sites for hydroxylation is 2. The Kier molecular flexibility index (Phi) is 2.71. The lowest BCUT2D eigenvalue weighted by Crippen LogP contribution is -2.23. The Bertz CT molecular complexity index is 648. The highest BCUT2D eigenvalue weighted by Crippen LogP contribution is 2.12. The van der Waals surface area contributed by atoms with Gasteiger partial charge in [0.1, 0.15) is 5.52 Å². The first kappa shape index (κ1) is 11.1. The van der Waals surface area contributed by atoms with Gasteiger partial charge in [-0.2, -0.15) is 0 Å². The average molecular weight is 237 g/mol. The van der Waals surface area contributed by atoms with Gasteiger partial charge in [0.2, 0.25) is 0 Å². The molecule has 2 aromatic heterocycles. The molecule has 86 valence electrons. The van der Waals surface area contributed by atoms with Crippen LogP contribution in [0.15, 0.2) is 10.9 Å². The number of fused-ring (bicyclic) bond motifs is 1. The molecule has 0 amide bonds. The molecule has 0 aliphatic heterocycles. The van der Waals surface area contributed by atoms with Crippen LogP contribution in [0.25, 0.3) is 11.0 Å². The minimum absolute atomic E-state index is 0.00352. The lowest BCUT2D eigenvalue weighted by atomic mass is 10.4. The fraction of sp³-hybridized carbons (Fsp3) is 0.455. The van der Waals surface area contributed by atoms with Gasteiger partial charge in [0.05, 0.1) is 5.52 Å². The smallest absolute Gasteiger partial charge is 0.278 e. The predicted molar refractivity (Wildman–Crippen MR) is 67.4 cm³/mol. The molecule has 0 aliphatic rings. The largest absolute Gasteiger partial charge is 0.342 e. The normalized spacial score (nSPS) is 11.2. The first-order chi connectivity index (χ1) is 7.56. The molecule has 0 unspecified atom stereocenters. The van der Waals surface area contributed by atoms with Gasteiger partial charge in [0.15, 0.2) is 4.77 Å². The summed E-state index contributed by atoms with van der Waals surface area (Å²) in [7, 11) is 1.90. The number of hydrogen-bond donors (Lipinski definition) is 1. The summed E-state index contributed by atoms with van der Waals surface area (Å²) >= 11 is 5.18. The summed E-state index contributed by atoms with van der Waals surface area (Å²) in [5, 5.41) is 0. The van der Waals surface area contributed by atoms with E-state index in [4.69, 9.17) is 12.2 Å². The van der Waals surface area contributed by atoms with Crippen molar-refractivity contribution in [2.75, 3.05) is 0 Å². The van der Waals surface area contributed by atoms with Crippen LogP contribution in [-0.4, -0.2) is 14.1 Å². The summed E-state index contributed by atoms with van der Waals surface area (Å²) in [6, 6.07) is 1.95. The van der Waals surface area contributed by atoms with Gasteiger partial charge in [-0.1, -0.05) is 6.92 Å². The Labute approximate surface area is 98.5 Å². The molecule has 0 saturated carbocycles. The molecule has 0 atom stereocenters. The van der Waals surface area contributed by atoms with Gasteiger partial charge in [-0.3, -0.25) is 9.36 Å². The molecule has 0 radical (unpaired) electrons. The zero-order valence-corrected chi connectivity index (χ0v) is 10.5. The van der Waals surface area contributed by atoms with Crippen LogP contribution in [0.2, 0.25) is 0 Å². The van der Waals surface area contributed by atoms with E-state index in [1.54, 1.807) is 4.57 Å². The van der Waals surface area contributed by atoms with Crippen LogP contribution in [-0.2, 0) is 13.6 Å². The molecule has 0 aromatic carbocycles. The lowest BCUT2D eigenvalue weighted by Gasteiger charge is -2.05. The summed E-state index contributed by atoms with van der Waals surface area (Å²) in [5.41, 5.74) is 2.56. The van der Waals surface area contributed by atoms with Gasteiger partial charge >= 0.3 is 0 Å². The van der Waals surface area contributed by atoms with Crippen molar-refractivity contribution in [1.82, 2.24) is 14.1 Å². The van der Waals surface area contributed by atoms with Gasteiger partial charge in [-0.05, 0) is 31.6 Å². The Morgan fingerprint density at radius 3 is 2.81 bits per heavy atom. The third-order valence-corrected chi connectivity index (χ3v) is 3.18. The van der Waals surface area contributed by atoms with Gasteiger partial charge in [-0.15, -0.1) is 0 Å². The molecule has 2 rings (SSSR count). The van der Waals surface area contributed by atoms with Crippen molar-refractivity contribution in [3.05, 3.63) is 26.9 Å². The minimum atomic E-state index is -0.00352. The molecule has 0 aliphatic carbocycles. The molecule has 5 heteroatoms. The van der Waals surface area contributed by atoms with E-state index in [1.807, 2.05) is 31.5 Å². The molecule has 2 heterocycles. The van der Waals surface area contributed by atoms with E-state index in [-0.39, 0.29) is 5.56 Å². The number of hydrogen-bond acceptors (Lipinski definition) is 2. The number of rotatable bonds is 2. The molecular weight excluding hydrogens is 222 g/mol. The second-order valence-corrected chi connectivity index (χ2v) is 4.38. The second-order valence-electron chi connectivity index (χ2n) is 3.99. The van der Waals surface area contributed by atoms with E-state index in [0.717, 1.165) is 17.6 Å². The Morgan fingerprint density at radius 1 is 1.50 bits per heavy atom. The summed E-state index contributed by atoms with van der Waals surface area (Å²) in [6.07, 6.45) is 0.895. The van der Waals surface area contributed by atoms with Gasteiger partial charge in [0.25, 0.3) is 5.56 Å². The number of aromatic amines is 1. The van der Waals surface area contributed by atoms with Gasteiger partial charge in [-0.25, -0.2) is 0 Å². The lowest BCUT2D eigenvalue weighted by molar-refractivity contribution is 0.635. The predicted octanol–water partition coefficient (Wildman–Crippen LogP) is 2.12. The summed E-state index contributed by atoms with van der Waals surface area (Å²) in [6.45, 7) is 4.66. The maximum Gasteiger partial charge on any atom is 0.278 e. The highest BCUT2D eigenvalue weighted by molar-refractivity contribution is 7.71. The van der Waals surface area contributed by atoms with Gasteiger partial charge < -0.3 is 9.55 Å². The molecular formula is C11H15N3OS. The van der Waals surface area contributed by atoms with Crippen LogP contribution in [0.3, 0.4) is 0 Å². The molecule has 2 aromatic rings. The molecule has 16 heavy (non-hydrogen) atoms. The third-order valence-electron chi connectivity index (χ3n) is 2.85. The van der Waals surface area contributed by atoms with Crippen molar-refractivity contribution in [2.45, 2.75) is 26.8 Å². The van der Waals surface area contributed by atoms with E-state index >= 15 is 0 Å². The average Bonchev–Trinajstić information content (AvgIpc) is 2.49. The van der Waals surface area contributed by atoms with Crippen molar-refractivity contribution >= 4 is 23.3 Å². The second kappa shape index (κ2) is 3.90. The summed E-state index contributed by atoms with van der Waals surface area (Å²) < 4.78 is 4.02. The van der Waals surface area contributed by atoms with E-state index in [0.29, 0.717) is 16.8 Å². The maximum absolute atomic E-state index is 12.2. The van der Waals surface area contributed by atoms with E-state index < -0.39 is 0 Å². The highest BCUT2D eigenvalue weighted by Gasteiger charge is 2.10. The molecule has 0 fully saturated rings. The van der Waals surface area contributed by atoms with Crippen LogP contribution in [0.1, 0.15) is 19.0 Å². The molecule has 0 bridgehead atoms. The Hall–Kier alpha value is -1.36. The standard InChI is InChI=1S/C11H15N3OS/c1-4-5-14-10(15)9-8(12-11(14)16)6-7(2)13(9)3/h6H,4-5H2,1-3H3,(H,12,16). The van der Waals surface area contributed by atoms with Crippen LogP contribution < -0.4 is 5.56 Å². The van der Waals surface area contributed by atoms with Crippen molar-refractivity contribution in [3.63, 3.8) is 0 Å². The van der Waals surface area contributed by atoms with E-state index in [1.165, 1.54) is 0 Å². The monoisotopic (exact) mass is 237 g/mol. The number of aromatic nitrogens is 3. The van der Waals surface area contributed by atoms with Crippen LogP contribution in [0.4, 0.5) is 0 Å². The summed E-state index contributed by atoms with van der Waals surface area (Å²) in [5.74, 6) is 0. The van der Waals surface area contributed by atoms with Crippen LogP contribution >= 0.6 is 12.2 Å². The fourth-order valence-corrected chi connectivity index (χ4v) is 2.20. The minimum Gasteiger partial charge on any atom is -0.342 e. The molecule has 4 nitrogen and oxygen atoms in total. The number of nitrogens with zero attached hydrogens (tertiary/aromatic N) is 2. The third kappa shape index (κ3) is 1.51. The fourth-order valence-electron chi connectivity index (χ4n) is 1.91. The number of nitrogens with one attached hydrogen (secondary N) is 1. The van der Waals surface area contributed by atoms with Crippen molar-refractivity contribution in [1.29, 1.82) is 0 Å². The maximum atomic E-state index is 12.2. The van der Waals surface area contributed by atoms with Crippen molar-refractivity contribution in [2.24, 2.45) is 7.05 Å². The first-order valence-electron chi connectivity index (χ1n) is 5.35.